The van der Waals surface area contributed by atoms with E-state index in [1.54, 1.807) is 0 Å². The van der Waals surface area contributed by atoms with Crippen molar-refractivity contribution in [1.29, 1.82) is 0 Å². The fourth-order valence-corrected chi connectivity index (χ4v) is 4.16. The van der Waals surface area contributed by atoms with Crippen molar-refractivity contribution in [1.82, 2.24) is 0 Å². The summed E-state index contributed by atoms with van der Waals surface area (Å²) in [5, 5.41) is 25.3. The molecule has 3 aromatic carbocycles. The van der Waals surface area contributed by atoms with E-state index in [-0.39, 0.29) is 5.92 Å². The molecule has 0 unspecified atom stereocenters. The second-order valence-electron chi connectivity index (χ2n) is 7.11. The van der Waals surface area contributed by atoms with Crippen LogP contribution in [0.5, 0.6) is 0 Å². The number of anilines is 1. The second kappa shape index (κ2) is 6.48. The van der Waals surface area contributed by atoms with Crippen LogP contribution in [-0.2, 0) is 9.53 Å². The maximum Gasteiger partial charge on any atom is 0.199 e. The van der Waals surface area contributed by atoms with Gasteiger partial charge in [-0.2, -0.15) is 0 Å². The molecule has 0 saturated heterocycles. The van der Waals surface area contributed by atoms with Crippen molar-refractivity contribution in [3.8, 4) is 0 Å². The Balaban J connectivity index is 1.78. The van der Waals surface area contributed by atoms with Gasteiger partial charge < -0.3 is 20.3 Å². The standard InChI is InChI=1S/C23H19NO4/c25-12-17-21(26)22(27)19-18(14-7-2-1-3-8-14)16-11-10-13-6-4-5-9-15(13)20(16)24-23(19)28-17/h1-11,17-18,21,24-26H,12H2/t17-,18+,21-/m1/s1. The number of aliphatic hydroxyl groups excluding tert-OH is 2. The van der Waals surface area contributed by atoms with Gasteiger partial charge in [0.25, 0.3) is 0 Å². The van der Waals surface area contributed by atoms with Gasteiger partial charge >= 0.3 is 0 Å². The van der Waals surface area contributed by atoms with Gasteiger partial charge in [0.05, 0.1) is 17.9 Å². The minimum absolute atomic E-state index is 0.312. The van der Waals surface area contributed by atoms with Gasteiger partial charge in [-0.1, -0.05) is 66.7 Å². The summed E-state index contributed by atoms with van der Waals surface area (Å²) in [6.45, 7) is -0.441. The molecule has 0 fully saturated rings. The molecule has 5 nitrogen and oxygen atoms in total. The molecule has 0 aromatic heterocycles. The Labute approximate surface area is 161 Å². The van der Waals surface area contributed by atoms with Crippen molar-refractivity contribution in [2.75, 3.05) is 11.9 Å². The molecule has 3 N–H and O–H groups in total. The van der Waals surface area contributed by atoms with Crippen LogP contribution < -0.4 is 5.32 Å². The average Bonchev–Trinajstić information content (AvgIpc) is 2.75. The summed E-state index contributed by atoms with van der Waals surface area (Å²) < 4.78 is 5.83. The maximum absolute atomic E-state index is 13.0. The number of rotatable bonds is 2. The van der Waals surface area contributed by atoms with Crippen molar-refractivity contribution in [3.63, 3.8) is 0 Å². The highest BCUT2D eigenvalue weighted by Gasteiger charge is 2.44. The predicted octanol–water partition coefficient (Wildman–Crippen LogP) is 2.93. The molecule has 140 valence electrons. The van der Waals surface area contributed by atoms with Gasteiger partial charge in [0, 0.05) is 11.3 Å². The molecule has 0 amide bonds. The van der Waals surface area contributed by atoms with E-state index >= 15 is 0 Å². The molecule has 0 spiro atoms. The lowest BCUT2D eigenvalue weighted by Gasteiger charge is -2.38. The SMILES string of the molecule is O=C1C2=C(Nc3c(ccc4ccccc34)[C@@H]2c2ccccc2)O[C@H](CO)[C@H]1O. The number of Topliss-reactive ketones (excluding diaryl/α,β-unsaturated/α-hetero) is 1. The number of carbonyl (C=O) groups excluding carboxylic acids is 1. The largest absolute Gasteiger partial charge is 0.470 e. The van der Waals surface area contributed by atoms with Gasteiger partial charge in [-0.3, -0.25) is 4.79 Å². The first-order valence-electron chi connectivity index (χ1n) is 9.26. The smallest absolute Gasteiger partial charge is 0.199 e. The quantitative estimate of drug-likeness (QED) is 0.644. The Kier molecular flexibility index (Phi) is 3.93. The number of aliphatic hydroxyl groups is 2. The number of ether oxygens (including phenoxy) is 1. The minimum Gasteiger partial charge on any atom is -0.470 e. The predicted molar refractivity (Wildman–Crippen MR) is 106 cm³/mol. The molecule has 2 aliphatic heterocycles. The lowest BCUT2D eigenvalue weighted by Crippen LogP contribution is -2.46. The van der Waals surface area contributed by atoms with Gasteiger partial charge in [-0.15, -0.1) is 0 Å². The van der Waals surface area contributed by atoms with Crippen LogP contribution in [-0.4, -0.2) is 34.8 Å². The van der Waals surface area contributed by atoms with E-state index in [2.05, 4.69) is 5.32 Å². The van der Waals surface area contributed by atoms with Gasteiger partial charge in [-0.25, -0.2) is 0 Å². The summed E-state index contributed by atoms with van der Waals surface area (Å²) in [4.78, 5) is 13.0. The van der Waals surface area contributed by atoms with Gasteiger partial charge in [0.15, 0.2) is 23.9 Å². The Hall–Kier alpha value is -3.15. The van der Waals surface area contributed by atoms with E-state index in [9.17, 15) is 15.0 Å². The molecule has 3 atom stereocenters. The highest BCUT2D eigenvalue weighted by molar-refractivity contribution is 6.06. The lowest BCUT2D eigenvalue weighted by molar-refractivity contribution is -0.136. The Morgan fingerprint density at radius 3 is 2.50 bits per heavy atom. The Morgan fingerprint density at radius 1 is 0.964 bits per heavy atom. The zero-order valence-corrected chi connectivity index (χ0v) is 15.0. The molecule has 2 heterocycles. The van der Waals surface area contributed by atoms with E-state index < -0.39 is 24.6 Å². The first-order chi connectivity index (χ1) is 13.7. The van der Waals surface area contributed by atoms with E-state index in [0.29, 0.717) is 11.5 Å². The monoisotopic (exact) mass is 373 g/mol. The summed E-state index contributed by atoms with van der Waals surface area (Å²) >= 11 is 0. The molecule has 2 aliphatic rings. The highest BCUT2D eigenvalue weighted by Crippen LogP contribution is 2.47. The van der Waals surface area contributed by atoms with Crippen LogP contribution in [0.3, 0.4) is 0 Å². The molecule has 5 heteroatoms. The fraction of sp³-hybridized carbons (Fsp3) is 0.174. The number of ketones is 1. The van der Waals surface area contributed by atoms with E-state index in [1.807, 2.05) is 66.7 Å². The summed E-state index contributed by atoms with van der Waals surface area (Å²) in [6.07, 6.45) is -2.37. The highest BCUT2D eigenvalue weighted by atomic mass is 16.5. The number of hydrogen-bond acceptors (Lipinski definition) is 5. The number of benzene rings is 3. The van der Waals surface area contributed by atoms with Crippen LogP contribution in [0, 0.1) is 0 Å². The van der Waals surface area contributed by atoms with Gasteiger partial charge in [0.2, 0.25) is 0 Å². The van der Waals surface area contributed by atoms with Gasteiger partial charge in [0.1, 0.15) is 0 Å². The summed E-state index contributed by atoms with van der Waals surface area (Å²) in [5.41, 5.74) is 3.17. The van der Waals surface area contributed by atoms with Crippen molar-refractivity contribution in [2.45, 2.75) is 18.1 Å². The van der Waals surface area contributed by atoms with E-state index in [4.69, 9.17) is 4.74 Å². The van der Waals surface area contributed by atoms with Gasteiger partial charge in [-0.05, 0) is 16.5 Å². The molecule has 3 aromatic rings. The van der Waals surface area contributed by atoms with Crippen molar-refractivity contribution < 1.29 is 19.7 Å². The normalized spacial score (nSPS) is 23.6. The molecule has 28 heavy (non-hydrogen) atoms. The van der Waals surface area contributed by atoms with Crippen LogP contribution in [0.15, 0.2) is 78.2 Å². The summed E-state index contributed by atoms with van der Waals surface area (Å²) in [5.74, 6) is -0.466. The van der Waals surface area contributed by atoms with E-state index in [0.717, 1.165) is 27.6 Å². The molecular formula is C23H19NO4. The van der Waals surface area contributed by atoms with Crippen molar-refractivity contribution in [2.24, 2.45) is 0 Å². The first-order valence-corrected chi connectivity index (χ1v) is 9.26. The van der Waals surface area contributed by atoms with Crippen LogP contribution in [0.25, 0.3) is 10.8 Å². The molecule has 0 aliphatic carbocycles. The third-order valence-corrected chi connectivity index (χ3v) is 5.51. The number of carbonyl (C=O) groups is 1. The van der Waals surface area contributed by atoms with Crippen LogP contribution in [0.1, 0.15) is 17.0 Å². The number of hydrogen-bond donors (Lipinski definition) is 3. The third-order valence-electron chi connectivity index (χ3n) is 5.51. The Morgan fingerprint density at radius 2 is 1.71 bits per heavy atom. The molecule has 5 rings (SSSR count). The number of nitrogens with one attached hydrogen (secondary N) is 1. The topological polar surface area (TPSA) is 78.8 Å². The lowest BCUT2D eigenvalue weighted by atomic mass is 9.77. The molecular weight excluding hydrogens is 354 g/mol. The Bertz CT molecular complexity index is 1110. The molecule has 0 saturated carbocycles. The maximum atomic E-state index is 13.0. The zero-order chi connectivity index (χ0) is 19.3. The third kappa shape index (κ3) is 2.44. The van der Waals surface area contributed by atoms with Crippen LogP contribution in [0.2, 0.25) is 0 Å². The van der Waals surface area contributed by atoms with E-state index in [1.165, 1.54) is 0 Å². The summed E-state index contributed by atoms with van der Waals surface area (Å²) in [6, 6.07) is 21.8. The first kappa shape index (κ1) is 17.0. The summed E-state index contributed by atoms with van der Waals surface area (Å²) in [7, 11) is 0. The second-order valence-corrected chi connectivity index (χ2v) is 7.11. The molecule has 0 bridgehead atoms. The average molecular weight is 373 g/mol. The molecule has 0 radical (unpaired) electrons. The van der Waals surface area contributed by atoms with Crippen molar-refractivity contribution >= 4 is 22.2 Å². The fourth-order valence-electron chi connectivity index (χ4n) is 4.16. The number of fused-ring (bicyclic) bond motifs is 3. The van der Waals surface area contributed by atoms with Crippen LogP contribution in [0.4, 0.5) is 5.69 Å². The van der Waals surface area contributed by atoms with Crippen molar-refractivity contribution in [3.05, 3.63) is 89.3 Å². The van der Waals surface area contributed by atoms with Crippen LogP contribution >= 0.6 is 0 Å². The minimum atomic E-state index is -1.39. The zero-order valence-electron chi connectivity index (χ0n) is 15.0.